The van der Waals surface area contributed by atoms with Crippen LogP contribution in [0, 0.1) is 0 Å². The van der Waals surface area contributed by atoms with E-state index in [1.54, 1.807) is 11.3 Å². The first-order valence-electron chi connectivity index (χ1n) is 6.30. The molecule has 0 spiro atoms. The van der Waals surface area contributed by atoms with Gasteiger partial charge in [0.05, 0.1) is 12.1 Å². The van der Waals surface area contributed by atoms with E-state index in [4.69, 9.17) is 5.73 Å². The molecule has 1 amide bonds. The number of carbonyl (C=O) groups excluding carboxylic acids is 1. The zero-order valence-corrected chi connectivity index (χ0v) is 11.7. The van der Waals surface area contributed by atoms with Crippen molar-refractivity contribution in [3.8, 4) is 0 Å². The maximum absolute atomic E-state index is 12.0. The minimum absolute atomic E-state index is 0.00863. The summed E-state index contributed by atoms with van der Waals surface area (Å²) in [5.41, 5.74) is 7.02. The second kappa shape index (κ2) is 6.50. The van der Waals surface area contributed by atoms with Crippen LogP contribution < -0.4 is 11.1 Å². The number of nitrogens with one attached hydrogen (secondary N) is 1. The lowest BCUT2D eigenvalue weighted by molar-refractivity contribution is -0.122. The molecule has 100 valence electrons. The Labute approximate surface area is 117 Å². The van der Waals surface area contributed by atoms with Crippen LogP contribution in [0.2, 0.25) is 0 Å². The highest BCUT2D eigenvalue weighted by molar-refractivity contribution is 7.10. The second-order valence-electron chi connectivity index (χ2n) is 4.54. The molecule has 0 unspecified atom stereocenters. The zero-order chi connectivity index (χ0) is 13.7. The quantitative estimate of drug-likeness (QED) is 0.880. The summed E-state index contributed by atoms with van der Waals surface area (Å²) in [6.07, 6.45) is 0.559. The van der Waals surface area contributed by atoms with Gasteiger partial charge in [-0.25, -0.2) is 0 Å². The van der Waals surface area contributed by atoms with E-state index in [1.807, 2.05) is 54.8 Å². The molecule has 0 aliphatic rings. The topological polar surface area (TPSA) is 55.1 Å². The first kappa shape index (κ1) is 13.8. The van der Waals surface area contributed by atoms with E-state index < -0.39 is 6.04 Å². The van der Waals surface area contributed by atoms with E-state index >= 15 is 0 Å². The Morgan fingerprint density at radius 3 is 2.63 bits per heavy atom. The highest BCUT2D eigenvalue weighted by Crippen LogP contribution is 2.18. The highest BCUT2D eigenvalue weighted by atomic mass is 32.1. The summed E-state index contributed by atoms with van der Waals surface area (Å²) in [6.45, 7) is 1.97. The van der Waals surface area contributed by atoms with E-state index in [9.17, 15) is 4.79 Å². The third-order valence-corrected chi connectivity index (χ3v) is 4.02. The molecule has 3 N–H and O–H groups in total. The van der Waals surface area contributed by atoms with Crippen molar-refractivity contribution in [1.29, 1.82) is 0 Å². The summed E-state index contributed by atoms with van der Waals surface area (Å²) in [5.74, 6) is -0.107. The van der Waals surface area contributed by atoms with Crippen LogP contribution in [-0.4, -0.2) is 11.9 Å². The molecule has 2 rings (SSSR count). The predicted molar refractivity (Wildman–Crippen MR) is 79.0 cm³/mol. The maximum Gasteiger partial charge on any atom is 0.237 e. The van der Waals surface area contributed by atoms with E-state index in [-0.39, 0.29) is 11.9 Å². The van der Waals surface area contributed by atoms with Crippen LogP contribution in [0.25, 0.3) is 0 Å². The second-order valence-corrected chi connectivity index (χ2v) is 5.52. The van der Waals surface area contributed by atoms with Crippen LogP contribution in [0.5, 0.6) is 0 Å². The normalized spacial score (nSPS) is 13.8. The van der Waals surface area contributed by atoms with Gasteiger partial charge in [0, 0.05) is 4.88 Å². The number of thiophene rings is 1. The molecule has 0 saturated heterocycles. The number of benzene rings is 1. The van der Waals surface area contributed by atoms with Gasteiger partial charge in [-0.1, -0.05) is 36.4 Å². The number of hydrogen-bond donors (Lipinski definition) is 2. The first-order valence-corrected chi connectivity index (χ1v) is 7.18. The minimum atomic E-state index is -0.509. The SMILES string of the molecule is C[C@H](NC(=O)[C@H](N)Cc1ccccc1)c1cccs1. The third-order valence-electron chi connectivity index (χ3n) is 2.96. The molecule has 0 bridgehead atoms. The molecule has 0 saturated carbocycles. The summed E-state index contributed by atoms with van der Waals surface area (Å²) >= 11 is 1.63. The molecule has 0 aliphatic heterocycles. The van der Waals surface area contributed by atoms with Crippen molar-refractivity contribution < 1.29 is 4.79 Å². The highest BCUT2D eigenvalue weighted by Gasteiger charge is 2.17. The summed E-state index contributed by atoms with van der Waals surface area (Å²) in [6, 6.07) is 13.3. The Morgan fingerprint density at radius 2 is 2.00 bits per heavy atom. The van der Waals surface area contributed by atoms with E-state index in [2.05, 4.69) is 5.32 Å². The molecular weight excluding hydrogens is 256 g/mol. The molecule has 3 nitrogen and oxygen atoms in total. The van der Waals surface area contributed by atoms with Crippen molar-refractivity contribution in [2.75, 3.05) is 0 Å². The van der Waals surface area contributed by atoms with Crippen LogP contribution in [0.1, 0.15) is 23.4 Å². The number of rotatable bonds is 5. The van der Waals surface area contributed by atoms with Gasteiger partial charge in [0.15, 0.2) is 0 Å². The van der Waals surface area contributed by atoms with Gasteiger partial charge < -0.3 is 11.1 Å². The maximum atomic E-state index is 12.0. The Kier molecular flexibility index (Phi) is 4.71. The summed E-state index contributed by atoms with van der Waals surface area (Å²) < 4.78 is 0. The molecule has 2 atom stereocenters. The number of carbonyl (C=O) groups is 1. The van der Waals surface area contributed by atoms with Gasteiger partial charge in [-0.05, 0) is 30.4 Å². The zero-order valence-electron chi connectivity index (χ0n) is 10.9. The van der Waals surface area contributed by atoms with E-state index in [0.717, 1.165) is 10.4 Å². The molecule has 1 heterocycles. The van der Waals surface area contributed by atoms with Crippen LogP contribution in [0.15, 0.2) is 47.8 Å². The number of amides is 1. The first-order chi connectivity index (χ1) is 9.16. The van der Waals surface area contributed by atoms with E-state index in [0.29, 0.717) is 6.42 Å². The Hall–Kier alpha value is -1.65. The smallest absolute Gasteiger partial charge is 0.237 e. The fraction of sp³-hybridized carbons (Fsp3) is 0.267. The Bertz CT molecular complexity index is 510. The fourth-order valence-electron chi connectivity index (χ4n) is 1.89. The van der Waals surface area contributed by atoms with Gasteiger partial charge >= 0.3 is 0 Å². The van der Waals surface area contributed by atoms with Crippen LogP contribution >= 0.6 is 11.3 Å². The third kappa shape index (κ3) is 3.91. The number of hydrogen-bond acceptors (Lipinski definition) is 3. The molecule has 2 aromatic rings. The minimum Gasteiger partial charge on any atom is -0.347 e. The van der Waals surface area contributed by atoms with Gasteiger partial charge in [0.25, 0.3) is 0 Å². The lowest BCUT2D eigenvalue weighted by Crippen LogP contribution is -2.42. The summed E-state index contributed by atoms with van der Waals surface area (Å²) in [5, 5.41) is 4.95. The van der Waals surface area contributed by atoms with Crippen LogP contribution in [0.4, 0.5) is 0 Å². The van der Waals surface area contributed by atoms with Crippen molar-refractivity contribution in [1.82, 2.24) is 5.32 Å². The number of nitrogens with two attached hydrogens (primary N) is 1. The van der Waals surface area contributed by atoms with Crippen LogP contribution in [-0.2, 0) is 11.2 Å². The van der Waals surface area contributed by atoms with E-state index in [1.165, 1.54) is 0 Å². The van der Waals surface area contributed by atoms with Gasteiger partial charge in [-0.2, -0.15) is 0 Å². The Balaban J connectivity index is 1.89. The molecule has 0 radical (unpaired) electrons. The van der Waals surface area contributed by atoms with Crippen molar-refractivity contribution in [3.63, 3.8) is 0 Å². The molecular formula is C15H18N2OS. The van der Waals surface area contributed by atoms with Gasteiger partial charge in [0.2, 0.25) is 5.91 Å². The molecule has 4 heteroatoms. The molecule has 1 aromatic heterocycles. The summed E-state index contributed by atoms with van der Waals surface area (Å²) in [4.78, 5) is 13.2. The monoisotopic (exact) mass is 274 g/mol. The van der Waals surface area contributed by atoms with Gasteiger partial charge in [-0.3, -0.25) is 4.79 Å². The van der Waals surface area contributed by atoms with Crippen LogP contribution in [0.3, 0.4) is 0 Å². The molecule has 19 heavy (non-hydrogen) atoms. The molecule has 0 aliphatic carbocycles. The summed E-state index contributed by atoms with van der Waals surface area (Å²) in [7, 11) is 0. The Morgan fingerprint density at radius 1 is 1.26 bits per heavy atom. The molecule has 1 aromatic carbocycles. The van der Waals surface area contributed by atoms with Gasteiger partial charge in [-0.15, -0.1) is 11.3 Å². The predicted octanol–water partition coefficient (Wildman–Crippen LogP) is 2.50. The lowest BCUT2D eigenvalue weighted by Gasteiger charge is -2.16. The average molecular weight is 274 g/mol. The van der Waals surface area contributed by atoms with Gasteiger partial charge in [0.1, 0.15) is 0 Å². The average Bonchev–Trinajstić information content (AvgIpc) is 2.93. The van der Waals surface area contributed by atoms with Crippen molar-refractivity contribution in [2.24, 2.45) is 5.73 Å². The van der Waals surface area contributed by atoms with Crippen molar-refractivity contribution in [2.45, 2.75) is 25.4 Å². The lowest BCUT2D eigenvalue weighted by atomic mass is 10.1. The van der Waals surface area contributed by atoms with Crippen molar-refractivity contribution in [3.05, 3.63) is 58.3 Å². The largest absolute Gasteiger partial charge is 0.347 e. The fourth-order valence-corrected chi connectivity index (χ4v) is 2.62. The molecule has 0 fully saturated rings. The van der Waals surface area contributed by atoms with Crippen molar-refractivity contribution >= 4 is 17.2 Å². The standard InChI is InChI=1S/C15H18N2OS/c1-11(14-8-5-9-19-14)17-15(18)13(16)10-12-6-3-2-4-7-12/h2-9,11,13H,10,16H2,1H3,(H,17,18)/t11-,13+/m0/s1.